The van der Waals surface area contributed by atoms with Crippen molar-refractivity contribution in [2.45, 2.75) is 0 Å². The van der Waals surface area contributed by atoms with Gasteiger partial charge in [0.25, 0.3) is 0 Å². The first-order valence-electron chi connectivity index (χ1n) is 15.9. The first-order chi connectivity index (χ1) is 23.7. The molecule has 0 N–H and O–H groups in total. The highest BCUT2D eigenvalue weighted by atomic mass is 15.0. The normalized spacial score (nSPS) is 11.3. The van der Waals surface area contributed by atoms with Gasteiger partial charge in [0.15, 0.2) is 0 Å². The van der Waals surface area contributed by atoms with Crippen molar-refractivity contribution in [3.8, 4) is 45.8 Å². The number of nitriles is 2. The van der Waals surface area contributed by atoms with E-state index in [1.807, 2.05) is 48.5 Å². The number of nitrogens with zero attached hydrogens (tertiary/aromatic N) is 4. The highest BCUT2D eigenvalue weighted by molar-refractivity contribution is 6.15. The number of benzene rings is 7. The van der Waals surface area contributed by atoms with Crippen molar-refractivity contribution in [1.29, 1.82) is 10.5 Å². The molecule has 2 aromatic heterocycles. The molecule has 0 fully saturated rings. The second-order valence-electron chi connectivity index (χ2n) is 12.0. The number of rotatable bonds is 4. The lowest BCUT2D eigenvalue weighted by Gasteiger charge is -2.15. The van der Waals surface area contributed by atoms with E-state index in [1.54, 1.807) is 0 Å². The Hall–Kier alpha value is -6.88. The SMILES string of the molecule is N#Cc1ccc(-n2c3ccccc3c3cccc(-c4ccccc4-c4ccc5c(c4)c4ccccc4n5-c4ccccc4C#N)c32)cc1. The van der Waals surface area contributed by atoms with Crippen LogP contribution in [0.25, 0.3) is 77.2 Å². The smallest absolute Gasteiger partial charge is 0.101 e. The third-order valence-electron chi connectivity index (χ3n) is 9.42. The predicted octanol–water partition coefficient (Wildman–Crippen LogP) is 11.0. The van der Waals surface area contributed by atoms with E-state index < -0.39 is 0 Å². The van der Waals surface area contributed by atoms with Gasteiger partial charge in [-0.3, -0.25) is 0 Å². The van der Waals surface area contributed by atoms with Crippen LogP contribution in [-0.4, -0.2) is 9.13 Å². The summed E-state index contributed by atoms with van der Waals surface area (Å²) in [5.74, 6) is 0. The van der Waals surface area contributed by atoms with Crippen LogP contribution < -0.4 is 0 Å². The Bertz CT molecular complexity index is 2800. The molecule has 0 saturated heterocycles. The average molecular weight is 611 g/mol. The minimum atomic E-state index is 0.637. The molecule has 9 aromatic rings. The first kappa shape index (κ1) is 27.4. The zero-order chi connectivity index (χ0) is 32.2. The molecule has 0 aliphatic heterocycles. The van der Waals surface area contributed by atoms with Crippen LogP contribution in [0.5, 0.6) is 0 Å². The molecule has 0 unspecified atom stereocenters. The molecular formula is C44H26N4. The molecule has 4 nitrogen and oxygen atoms in total. The fourth-order valence-corrected chi connectivity index (χ4v) is 7.32. The Kier molecular flexibility index (Phi) is 6.22. The van der Waals surface area contributed by atoms with Gasteiger partial charge >= 0.3 is 0 Å². The minimum Gasteiger partial charge on any atom is -0.309 e. The Balaban J connectivity index is 1.30. The van der Waals surface area contributed by atoms with E-state index in [9.17, 15) is 10.5 Å². The summed E-state index contributed by atoms with van der Waals surface area (Å²) in [5.41, 5.74) is 12.1. The van der Waals surface area contributed by atoms with E-state index in [-0.39, 0.29) is 0 Å². The summed E-state index contributed by atoms with van der Waals surface area (Å²) in [5, 5.41) is 24.1. The van der Waals surface area contributed by atoms with Gasteiger partial charge in [0.2, 0.25) is 0 Å². The van der Waals surface area contributed by atoms with Crippen molar-refractivity contribution in [1.82, 2.24) is 9.13 Å². The van der Waals surface area contributed by atoms with Crippen LogP contribution in [0.3, 0.4) is 0 Å². The standard InChI is InChI=1S/C44H26N4/c45-27-29-20-23-32(24-21-29)47-41-18-7-4-13-35(41)38-16-9-15-37(44(38)47)34-12-3-2-11-33(34)30-22-25-43-39(26-30)36-14-5-8-19-42(36)48(43)40-17-6-1-10-31(40)28-46/h1-26H. The van der Waals surface area contributed by atoms with E-state index in [4.69, 9.17) is 0 Å². The minimum absolute atomic E-state index is 0.637. The van der Waals surface area contributed by atoms with Crippen molar-refractivity contribution in [2.75, 3.05) is 0 Å². The van der Waals surface area contributed by atoms with Gasteiger partial charge in [0.1, 0.15) is 6.07 Å². The van der Waals surface area contributed by atoms with Gasteiger partial charge in [-0.15, -0.1) is 0 Å². The number of para-hydroxylation sites is 4. The maximum atomic E-state index is 9.95. The second-order valence-corrected chi connectivity index (χ2v) is 12.0. The summed E-state index contributed by atoms with van der Waals surface area (Å²) < 4.78 is 4.52. The maximum absolute atomic E-state index is 9.95. The molecule has 0 bridgehead atoms. The van der Waals surface area contributed by atoms with Crippen LogP contribution in [0.15, 0.2) is 158 Å². The van der Waals surface area contributed by atoms with Crippen LogP contribution in [0.4, 0.5) is 0 Å². The molecule has 0 aliphatic carbocycles. The summed E-state index contributed by atoms with van der Waals surface area (Å²) in [7, 11) is 0. The van der Waals surface area contributed by atoms with Crippen LogP contribution in [0.1, 0.15) is 11.1 Å². The molecule has 7 aromatic carbocycles. The average Bonchev–Trinajstić information content (AvgIpc) is 3.67. The summed E-state index contributed by atoms with van der Waals surface area (Å²) >= 11 is 0. The third kappa shape index (κ3) is 4.07. The van der Waals surface area contributed by atoms with Gasteiger partial charge in [-0.25, -0.2) is 0 Å². The molecule has 0 aliphatic rings. The van der Waals surface area contributed by atoms with E-state index >= 15 is 0 Å². The lowest BCUT2D eigenvalue weighted by Crippen LogP contribution is -1.97. The molecule has 4 heteroatoms. The molecule has 48 heavy (non-hydrogen) atoms. The van der Waals surface area contributed by atoms with Gasteiger partial charge < -0.3 is 9.13 Å². The van der Waals surface area contributed by atoms with Crippen molar-refractivity contribution in [3.05, 3.63) is 169 Å². The molecule has 2 heterocycles. The zero-order valence-corrected chi connectivity index (χ0v) is 25.8. The second kappa shape index (κ2) is 10.9. The Morgan fingerprint density at radius 1 is 0.417 bits per heavy atom. The molecule has 222 valence electrons. The summed E-state index contributed by atoms with van der Waals surface area (Å²) in [4.78, 5) is 0. The monoisotopic (exact) mass is 610 g/mol. The van der Waals surface area contributed by atoms with E-state index in [0.29, 0.717) is 11.1 Å². The van der Waals surface area contributed by atoms with Crippen LogP contribution in [0.2, 0.25) is 0 Å². The van der Waals surface area contributed by atoms with E-state index in [1.165, 1.54) is 10.8 Å². The molecule has 0 spiro atoms. The van der Waals surface area contributed by atoms with Crippen LogP contribution in [-0.2, 0) is 0 Å². The van der Waals surface area contributed by atoms with E-state index in [0.717, 1.165) is 66.5 Å². The van der Waals surface area contributed by atoms with Crippen molar-refractivity contribution in [3.63, 3.8) is 0 Å². The van der Waals surface area contributed by atoms with Crippen LogP contribution in [0, 0.1) is 22.7 Å². The zero-order valence-electron chi connectivity index (χ0n) is 25.8. The number of fused-ring (bicyclic) bond motifs is 6. The lowest BCUT2D eigenvalue weighted by molar-refractivity contribution is 1.17. The highest BCUT2D eigenvalue weighted by Crippen LogP contribution is 2.43. The largest absolute Gasteiger partial charge is 0.309 e. The third-order valence-corrected chi connectivity index (χ3v) is 9.42. The quantitative estimate of drug-likeness (QED) is 0.199. The number of hydrogen-bond donors (Lipinski definition) is 0. The van der Waals surface area contributed by atoms with Crippen molar-refractivity contribution < 1.29 is 0 Å². The Morgan fingerprint density at radius 2 is 1.02 bits per heavy atom. The summed E-state index contributed by atoms with van der Waals surface area (Å²) in [6.45, 7) is 0. The molecule has 0 atom stereocenters. The van der Waals surface area contributed by atoms with Gasteiger partial charge in [-0.2, -0.15) is 10.5 Å². The maximum Gasteiger partial charge on any atom is 0.101 e. The molecule has 0 radical (unpaired) electrons. The van der Waals surface area contributed by atoms with Crippen molar-refractivity contribution in [2.24, 2.45) is 0 Å². The topological polar surface area (TPSA) is 57.4 Å². The Labute approximate surface area is 277 Å². The molecule has 0 amide bonds. The van der Waals surface area contributed by atoms with Gasteiger partial charge in [0, 0.05) is 32.8 Å². The van der Waals surface area contributed by atoms with Gasteiger partial charge in [-0.05, 0) is 77.4 Å². The van der Waals surface area contributed by atoms with Gasteiger partial charge in [0.05, 0.1) is 45.0 Å². The summed E-state index contributed by atoms with van der Waals surface area (Å²) in [6, 6.07) is 59.0. The van der Waals surface area contributed by atoms with E-state index in [2.05, 4.69) is 130 Å². The summed E-state index contributed by atoms with van der Waals surface area (Å²) in [6.07, 6.45) is 0. The lowest BCUT2D eigenvalue weighted by atomic mass is 9.92. The molecule has 0 saturated carbocycles. The number of hydrogen-bond acceptors (Lipinski definition) is 2. The van der Waals surface area contributed by atoms with Crippen molar-refractivity contribution >= 4 is 43.6 Å². The van der Waals surface area contributed by atoms with Crippen LogP contribution >= 0.6 is 0 Å². The predicted molar refractivity (Wildman–Crippen MR) is 195 cm³/mol. The molecular weight excluding hydrogens is 585 g/mol. The fraction of sp³-hybridized carbons (Fsp3) is 0. The highest BCUT2D eigenvalue weighted by Gasteiger charge is 2.20. The number of aromatic nitrogens is 2. The fourth-order valence-electron chi connectivity index (χ4n) is 7.32. The first-order valence-corrected chi connectivity index (χ1v) is 15.9. The Morgan fingerprint density at radius 3 is 1.79 bits per heavy atom. The van der Waals surface area contributed by atoms with Gasteiger partial charge in [-0.1, -0.05) is 97.1 Å². The molecule has 9 rings (SSSR count).